The molecule has 1 aliphatic rings. The van der Waals surface area contributed by atoms with Crippen LogP contribution in [0.25, 0.3) is 10.8 Å². The first-order valence-corrected chi connectivity index (χ1v) is 13.1. The number of hydrogen-bond acceptors (Lipinski definition) is 2. The molecule has 1 aliphatic heterocycles. The van der Waals surface area contributed by atoms with E-state index < -0.39 is 0 Å². The van der Waals surface area contributed by atoms with Gasteiger partial charge in [0.1, 0.15) is 6.20 Å². The number of rotatable bonds is 10. The number of quaternary nitrogens is 1. The fourth-order valence-electron chi connectivity index (χ4n) is 4.82. The zero-order valence-corrected chi connectivity index (χ0v) is 23.5. The molecule has 1 atom stereocenters. The Labute approximate surface area is 222 Å². The average Bonchev–Trinajstić information content (AvgIpc) is 3.23. The van der Waals surface area contributed by atoms with Crippen molar-refractivity contribution < 1.29 is 22.0 Å². The number of nitrogens with one attached hydrogen (secondary N) is 2. The van der Waals surface area contributed by atoms with Crippen LogP contribution in [0, 0.1) is 0 Å². The zero-order valence-electron chi connectivity index (χ0n) is 21.9. The van der Waals surface area contributed by atoms with Crippen LogP contribution in [0.5, 0.6) is 0 Å². The van der Waals surface area contributed by atoms with Crippen molar-refractivity contribution in [3.63, 3.8) is 0 Å². The number of fused-ring (bicyclic) bond motifs is 1. The normalized spacial score (nSPS) is 15.8. The molecule has 0 amide bonds. The summed E-state index contributed by atoms with van der Waals surface area (Å²) in [6.45, 7) is 9.98. The van der Waals surface area contributed by atoms with Crippen molar-refractivity contribution in [2.75, 3.05) is 0 Å². The van der Waals surface area contributed by atoms with Crippen LogP contribution in [0.3, 0.4) is 0 Å². The third-order valence-corrected chi connectivity index (χ3v) is 6.94. The summed E-state index contributed by atoms with van der Waals surface area (Å²) in [5, 5.41) is 6.18. The summed E-state index contributed by atoms with van der Waals surface area (Å²) < 4.78 is 0. The predicted molar refractivity (Wildman–Crippen MR) is 144 cm³/mol. The van der Waals surface area contributed by atoms with Crippen molar-refractivity contribution in [1.29, 1.82) is 0 Å². The van der Waals surface area contributed by atoms with E-state index in [2.05, 4.69) is 111 Å². The van der Waals surface area contributed by atoms with Gasteiger partial charge < -0.3 is 17.0 Å². The molecule has 0 fully saturated rings. The fraction of sp³-hybridized carbons (Fsp3) is 0.419. The minimum Gasteiger partial charge on any atom is -1.00 e. The van der Waals surface area contributed by atoms with Gasteiger partial charge >= 0.3 is 0 Å². The maximum atomic E-state index is 3.76. The standard InChI is InChI=1S/C31H41N3.BrH/c1-5-6-7-8-9-10-16-28-24-34(30-18-13-15-26-14-11-12-17-29(26)30)32-33(28)23-25-19-21-27(22-20-25)31(2,3)4;/h11-15,17-22,24,32H,5-10,16,23H2,1-4H3;1H. The highest BCUT2D eigenvalue weighted by molar-refractivity contribution is 5.90. The molecule has 4 rings (SSSR count). The molecule has 0 aromatic heterocycles. The van der Waals surface area contributed by atoms with E-state index >= 15 is 0 Å². The van der Waals surface area contributed by atoms with Gasteiger partial charge in [-0.05, 0) is 40.8 Å². The van der Waals surface area contributed by atoms with Crippen molar-refractivity contribution in [2.45, 2.75) is 84.6 Å². The molecule has 1 heterocycles. The summed E-state index contributed by atoms with van der Waals surface area (Å²) in [6.07, 6.45) is 11.5. The Morgan fingerprint density at radius 3 is 2.23 bits per heavy atom. The van der Waals surface area contributed by atoms with Crippen LogP contribution in [0.15, 0.2) is 78.6 Å². The van der Waals surface area contributed by atoms with Gasteiger partial charge in [-0.15, -0.1) is 0 Å². The molecule has 0 radical (unpaired) electrons. The monoisotopic (exact) mass is 535 g/mol. The maximum absolute atomic E-state index is 3.76. The lowest BCUT2D eigenvalue weighted by molar-refractivity contribution is -0.834. The Morgan fingerprint density at radius 1 is 0.800 bits per heavy atom. The lowest BCUT2D eigenvalue weighted by Gasteiger charge is -2.23. The van der Waals surface area contributed by atoms with Crippen LogP contribution in [0.2, 0.25) is 0 Å². The van der Waals surface area contributed by atoms with Crippen molar-refractivity contribution in [3.05, 3.63) is 89.8 Å². The molecule has 3 aromatic carbocycles. The second-order valence-electron chi connectivity index (χ2n) is 10.7. The summed E-state index contributed by atoms with van der Waals surface area (Å²) in [6, 6.07) is 24.5. The maximum Gasteiger partial charge on any atom is 0.164 e. The summed E-state index contributed by atoms with van der Waals surface area (Å²) in [4.78, 5) is 0. The van der Waals surface area contributed by atoms with Crippen LogP contribution in [0.4, 0.5) is 5.69 Å². The fourth-order valence-corrected chi connectivity index (χ4v) is 4.82. The Morgan fingerprint density at radius 2 is 1.49 bits per heavy atom. The highest BCUT2D eigenvalue weighted by atomic mass is 79.9. The molecule has 0 aliphatic carbocycles. The molecule has 188 valence electrons. The number of allylic oxidation sites excluding steroid dienone is 1. The van der Waals surface area contributed by atoms with Gasteiger partial charge in [-0.2, -0.15) is 5.01 Å². The second-order valence-corrected chi connectivity index (χ2v) is 10.7. The van der Waals surface area contributed by atoms with E-state index in [9.17, 15) is 0 Å². The van der Waals surface area contributed by atoms with E-state index in [0.29, 0.717) is 0 Å². The topological polar surface area (TPSA) is 19.7 Å². The van der Waals surface area contributed by atoms with Crippen LogP contribution >= 0.6 is 0 Å². The molecule has 0 bridgehead atoms. The molecule has 4 heteroatoms. The third kappa shape index (κ3) is 7.19. The first kappa shape index (κ1) is 27.4. The van der Waals surface area contributed by atoms with E-state index in [0.717, 1.165) is 13.0 Å². The van der Waals surface area contributed by atoms with Crippen LogP contribution in [0.1, 0.15) is 83.8 Å². The molecular formula is C31H42BrN3. The Hall–Kier alpha value is -2.14. The second kappa shape index (κ2) is 12.7. The molecule has 0 spiro atoms. The largest absolute Gasteiger partial charge is 1.00 e. The Balaban J connectivity index is 0.00000342. The minimum atomic E-state index is 0. The number of halogens is 1. The first-order valence-electron chi connectivity index (χ1n) is 13.1. The molecule has 2 N–H and O–H groups in total. The van der Waals surface area contributed by atoms with Gasteiger partial charge in [0.25, 0.3) is 0 Å². The van der Waals surface area contributed by atoms with Gasteiger partial charge in [-0.3, -0.25) is 5.01 Å². The Bertz CT molecular complexity index is 1090. The molecule has 3 nitrogen and oxygen atoms in total. The van der Waals surface area contributed by atoms with Gasteiger partial charge in [0.2, 0.25) is 0 Å². The first-order chi connectivity index (χ1) is 16.5. The summed E-state index contributed by atoms with van der Waals surface area (Å²) >= 11 is 0. The highest BCUT2D eigenvalue weighted by Crippen LogP contribution is 2.25. The van der Waals surface area contributed by atoms with Crippen molar-refractivity contribution in [3.8, 4) is 0 Å². The van der Waals surface area contributed by atoms with Gasteiger partial charge in [0, 0.05) is 11.5 Å². The van der Waals surface area contributed by atoms with Crippen molar-refractivity contribution >= 4 is 16.5 Å². The van der Waals surface area contributed by atoms with Crippen LogP contribution in [-0.4, -0.2) is 5.01 Å². The SMILES string of the molecule is CCCCCCCCC1=C[NH+](c2cccc3ccccc23)NN1Cc1ccc(C(C)(C)C)cc1.[Br-]. The van der Waals surface area contributed by atoms with E-state index in [1.807, 2.05) is 0 Å². The van der Waals surface area contributed by atoms with Gasteiger partial charge in [-0.25, -0.2) is 0 Å². The quantitative estimate of drug-likeness (QED) is 0.379. The number of hydrazine groups is 1. The predicted octanol–water partition coefficient (Wildman–Crippen LogP) is 4.19. The van der Waals surface area contributed by atoms with Gasteiger partial charge in [-0.1, -0.05) is 120 Å². The number of nitrogens with zero attached hydrogens (tertiary/aromatic N) is 1. The number of unbranched alkanes of at least 4 members (excludes halogenated alkanes) is 5. The zero-order chi connectivity index (χ0) is 24.0. The Kier molecular flexibility index (Phi) is 9.97. The van der Waals surface area contributed by atoms with Crippen LogP contribution in [-0.2, 0) is 12.0 Å². The number of benzene rings is 3. The molecule has 0 saturated heterocycles. The van der Waals surface area contributed by atoms with E-state index in [4.69, 9.17) is 0 Å². The smallest absolute Gasteiger partial charge is 0.164 e. The summed E-state index contributed by atoms with van der Waals surface area (Å²) in [5.41, 5.74) is 9.35. The van der Waals surface area contributed by atoms with Crippen molar-refractivity contribution in [1.82, 2.24) is 10.5 Å². The van der Waals surface area contributed by atoms with Crippen LogP contribution < -0.4 is 27.5 Å². The van der Waals surface area contributed by atoms with Crippen molar-refractivity contribution in [2.24, 2.45) is 0 Å². The number of hydrogen-bond donors (Lipinski definition) is 2. The summed E-state index contributed by atoms with van der Waals surface area (Å²) in [7, 11) is 0. The van der Waals surface area contributed by atoms with Gasteiger partial charge in [0.15, 0.2) is 5.69 Å². The van der Waals surface area contributed by atoms with E-state index in [1.54, 1.807) is 0 Å². The molecular weight excluding hydrogens is 494 g/mol. The molecule has 35 heavy (non-hydrogen) atoms. The molecule has 1 unspecified atom stereocenters. The molecule has 3 aromatic rings. The average molecular weight is 537 g/mol. The third-order valence-electron chi connectivity index (χ3n) is 6.94. The lowest BCUT2D eigenvalue weighted by atomic mass is 9.87. The summed E-state index contributed by atoms with van der Waals surface area (Å²) in [5.74, 6) is 0. The van der Waals surface area contributed by atoms with E-state index in [-0.39, 0.29) is 22.4 Å². The van der Waals surface area contributed by atoms with E-state index in [1.165, 1.54) is 76.8 Å². The highest BCUT2D eigenvalue weighted by Gasteiger charge is 2.28. The molecule has 0 saturated carbocycles. The minimum absolute atomic E-state index is 0. The van der Waals surface area contributed by atoms with Gasteiger partial charge in [0.05, 0.1) is 12.2 Å². The lowest BCUT2D eigenvalue weighted by Crippen LogP contribution is -3.09.